The standard InChI is InChI=1S/C17H31N3/c1-3-4-5-14-6-8-15(9-7-14)17(18)11-10-16-12-13-19-20(16)2/h12-15,17H,3-11,18H2,1-2H3. The van der Waals surface area contributed by atoms with E-state index in [1.54, 1.807) is 0 Å². The molecule has 1 aromatic rings. The Morgan fingerprint density at radius 2 is 2.10 bits per heavy atom. The number of aryl methyl sites for hydroxylation is 2. The summed E-state index contributed by atoms with van der Waals surface area (Å²) in [6.45, 7) is 2.29. The molecule has 114 valence electrons. The van der Waals surface area contributed by atoms with E-state index in [-0.39, 0.29) is 0 Å². The molecule has 1 aliphatic carbocycles. The molecule has 1 fully saturated rings. The lowest BCUT2D eigenvalue weighted by Crippen LogP contribution is -2.33. The molecule has 0 bridgehead atoms. The number of nitrogens with zero attached hydrogens (tertiary/aromatic N) is 2. The fourth-order valence-corrected chi connectivity index (χ4v) is 3.59. The van der Waals surface area contributed by atoms with Crippen molar-refractivity contribution >= 4 is 0 Å². The number of rotatable bonds is 7. The number of hydrogen-bond donors (Lipinski definition) is 1. The van der Waals surface area contributed by atoms with Gasteiger partial charge in [0.2, 0.25) is 0 Å². The van der Waals surface area contributed by atoms with Gasteiger partial charge in [-0.15, -0.1) is 0 Å². The van der Waals surface area contributed by atoms with Gasteiger partial charge < -0.3 is 5.73 Å². The van der Waals surface area contributed by atoms with Gasteiger partial charge in [0.05, 0.1) is 0 Å². The average Bonchev–Trinajstić information content (AvgIpc) is 2.88. The van der Waals surface area contributed by atoms with E-state index in [1.165, 1.54) is 50.6 Å². The van der Waals surface area contributed by atoms with Gasteiger partial charge in [0.1, 0.15) is 0 Å². The Kier molecular flexibility index (Phi) is 6.08. The first-order valence-corrected chi connectivity index (χ1v) is 8.43. The quantitative estimate of drug-likeness (QED) is 0.826. The van der Waals surface area contributed by atoms with Crippen LogP contribution < -0.4 is 5.73 Å². The smallest absolute Gasteiger partial charge is 0.0492 e. The first-order chi connectivity index (χ1) is 9.70. The van der Waals surface area contributed by atoms with E-state index in [0.29, 0.717) is 6.04 Å². The third kappa shape index (κ3) is 4.34. The molecule has 20 heavy (non-hydrogen) atoms. The van der Waals surface area contributed by atoms with Gasteiger partial charge >= 0.3 is 0 Å². The highest BCUT2D eigenvalue weighted by atomic mass is 15.2. The third-order valence-corrected chi connectivity index (χ3v) is 5.12. The van der Waals surface area contributed by atoms with Gasteiger partial charge in [0, 0.05) is 25.0 Å². The van der Waals surface area contributed by atoms with Gasteiger partial charge in [-0.2, -0.15) is 5.10 Å². The summed E-state index contributed by atoms with van der Waals surface area (Å²) in [5.74, 6) is 1.73. The molecule has 0 aliphatic heterocycles. The predicted molar refractivity (Wildman–Crippen MR) is 84.5 cm³/mol. The maximum atomic E-state index is 6.43. The lowest BCUT2D eigenvalue weighted by molar-refractivity contribution is 0.226. The van der Waals surface area contributed by atoms with E-state index in [0.717, 1.165) is 24.7 Å². The third-order valence-electron chi connectivity index (χ3n) is 5.12. The van der Waals surface area contributed by atoms with Gasteiger partial charge in [-0.1, -0.05) is 39.0 Å². The molecule has 2 rings (SSSR count). The molecule has 2 N–H and O–H groups in total. The Hall–Kier alpha value is -0.830. The van der Waals surface area contributed by atoms with Gasteiger partial charge in [0.15, 0.2) is 0 Å². The minimum Gasteiger partial charge on any atom is -0.327 e. The van der Waals surface area contributed by atoms with E-state index in [4.69, 9.17) is 5.73 Å². The Balaban J connectivity index is 1.69. The zero-order valence-corrected chi connectivity index (χ0v) is 13.2. The molecule has 0 saturated heterocycles. The highest BCUT2D eigenvalue weighted by Crippen LogP contribution is 2.33. The van der Waals surface area contributed by atoms with E-state index in [1.807, 2.05) is 17.9 Å². The maximum absolute atomic E-state index is 6.43. The monoisotopic (exact) mass is 277 g/mol. The first-order valence-electron chi connectivity index (χ1n) is 8.43. The molecule has 3 heteroatoms. The van der Waals surface area contributed by atoms with Crippen molar-refractivity contribution in [1.29, 1.82) is 0 Å². The van der Waals surface area contributed by atoms with Crippen LogP contribution in [0.1, 0.15) is 64.0 Å². The highest BCUT2D eigenvalue weighted by molar-refractivity contribution is 5.00. The van der Waals surface area contributed by atoms with E-state index in [9.17, 15) is 0 Å². The minimum absolute atomic E-state index is 0.372. The Bertz CT molecular complexity index is 377. The summed E-state index contributed by atoms with van der Waals surface area (Å²) < 4.78 is 1.97. The summed E-state index contributed by atoms with van der Waals surface area (Å²) in [4.78, 5) is 0. The molecule has 1 saturated carbocycles. The van der Waals surface area contributed by atoms with Crippen LogP contribution in [0.3, 0.4) is 0 Å². The number of hydrogen-bond acceptors (Lipinski definition) is 2. The second kappa shape index (κ2) is 7.82. The van der Waals surface area contributed by atoms with Gasteiger partial charge in [0.25, 0.3) is 0 Å². The van der Waals surface area contributed by atoms with Crippen molar-refractivity contribution in [1.82, 2.24) is 9.78 Å². The molecule has 1 aromatic heterocycles. The largest absolute Gasteiger partial charge is 0.327 e. The second-order valence-electron chi connectivity index (χ2n) is 6.57. The van der Waals surface area contributed by atoms with Crippen molar-refractivity contribution in [3.63, 3.8) is 0 Å². The Morgan fingerprint density at radius 3 is 2.70 bits per heavy atom. The van der Waals surface area contributed by atoms with Crippen LogP contribution in [-0.4, -0.2) is 15.8 Å². The van der Waals surface area contributed by atoms with E-state index < -0.39 is 0 Å². The molecule has 0 aromatic carbocycles. The molecule has 1 aliphatic rings. The summed E-state index contributed by atoms with van der Waals surface area (Å²) in [6.07, 6.45) is 13.7. The van der Waals surface area contributed by atoms with Crippen LogP contribution in [-0.2, 0) is 13.5 Å². The molecule has 1 heterocycles. The number of nitrogens with two attached hydrogens (primary N) is 1. The van der Waals surface area contributed by atoms with Crippen molar-refractivity contribution in [2.24, 2.45) is 24.6 Å². The first kappa shape index (κ1) is 15.6. The molecule has 1 atom stereocenters. The lowest BCUT2D eigenvalue weighted by Gasteiger charge is -2.32. The van der Waals surface area contributed by atoms with E-state index in [2.05, 4.69) is 18.1 Å². The van der Waals surface area contributed by atoms with Crippen molar-refractivity contribution < 1.29 is 0 Å². The molecule has 1 unspecified atom stereocenters. The number of unbranched alkanes of at least 4 members (excludes halogenated alkanes) is 1. The van der Waals surface area contributed by atoms with Crippen LogP contribution in [0.25, 0.3) is 0 Å². The van der Waals surface area contributed by atoms with Crippen LogP contribution in [0.15, 0.2) is 12.3 Å². The molecule has 0 radical (unpaired) electrons. The second-order valence-corrected chi connectivity index (χ2v) is 6.57. The molecular weight excluding hydrogens is 246 g/mol. The van der Waals surface area contributed by atoms with Crippen LogP contribution in [0, 0.1) is 11.8 Å². The number of aromatic nitrogens is 2. The van der Waals surface area contributed by atoms with Crippen LogP contribution in [0.4, 0.5) is 0 Å². The summed E-state index contributed by atoms with van der Waals surface area (Å²) in [5, 5.41) is 4.22. The topological polar surface area (TPSA) is 43.8 Å². The fourth-order valence-electron chi connectivity index (χ4n) is 3.59. The highest BCUT2D eigenvalue weighted by Gasteiger charge is 2.25. The zero-order chi connectivity index (χ0) is 14.4. The van der Waals surface area contributed by atoms with Crippen LogP contribution >= 0.6 is 0 Å². The predicted octanol–water partition coefficient (Wildman–Crippen LogP) is 3.68. The summed E-state index contributed by atoms with van der Waals surface area (Å²) >= 11 is 0. The van der Waals surface area contributed by atoms with Crippen molar-refractivity contribution in [2.45, 2.75) is 70.8 Å². The zero-order valence-electron chi connectivity index (χ0n) is 13.2. The van der Waals surface area contributed by atoms with E-state index >= 15 is 0 Å². The molecule has 3 nitrogen and oxygen atoms in total. The van der Waals surface area contributed by atoms with Gasteiger partial charge in [-0.3, -0.25) is 4.68 Å². The summed E-state index contributed by atoms with van der Waals surface area (Å²) in [6, 6.07) is 2.48. The fraction of sp³-hybridized carbons (Fsp3) is 0.824. The van der Waals surface area contributed by atoms with Gasteiger partial charge in [-0.05, 0) is 43.6 Å². The van der Waals surface area contributed by atoms with Crippen molar-refractivity contribution in [2.75, 3.05) is 0 Å². The van der Waals surface area contributed by atoms with Gasteiger partial charge in [-0.25, -0.2) is 0 Å². The SMILES string of the molecule is CCCCC1CCC(C(N)CCc2ccnn2C)CC1. The van der Waals surface area contributed by atoms with Crippen molar-refractivity contribution in [3.8, 4) is 0 Å². The molecular formula is C17H31N3. The Labute approximate surface area is 123 Å². The van der Waals surface area contributed by atoms with Crippen molar-refractivity contribution in [3.05, 3.63) is 18.0 Å². The average molecular weight is 277 g/mol. The summed E-state index contributed by atoms with van der Waals surface area (Å²) in [5.41, 5.74) is 7.73. The maximum Gasteiger partial charge on any atom is 0.0492 e. The van der Waals surface area contributed by atoms with Crippen LogP contribution in [0.2, 0.25) is 0 Å². The lowest BCUT2D eigenvalue weighted by atomic mass is 9.76. The molecule has 0 amide bonds. The minimum atomic E-state index is 0.372. The normalized spacial score (nSPS) is 24.8. The molecule has 0 spiro atoms. The van der Waals surface area contributed by atoms with Crippen LogP contribution in [0.5, 0.6) is 0 Å². The Morgan fingerprint density at radius 1 is 1.35 bits per heavy atom. The summed E-state index contributed by atoms with van der Waals surface area (Å²) in [7, 11) is 2.01.